The summed E-state index contributed by atoms with van der Waals surface area (Å²) >= 11 is 0. The van der Waals surface area contributed by atoms with E-state index in [-0.39, 0.29) is 6.09 Å². The molecular weight excluding hydrogens is 370 g/mol. The Morgan fingerprint density at radius 1 is 0.862 bits per heavy atom. The highest BCUT2D eigenvalue weighted by Gasteiger charge is 2.24. The van der Waals surface area contributed by atoms with Gasteiger partial charge in [-0.3, -0.25) is 0 Å². The molecule has 0 bridgehead atoms. The quantitative estimate of drug-likeness (QED) is 0.680. The summed E-state index contributed by atoms with van der Waals surface area (Å²) in [7, 11) is 4.86. The monoisotopic (exact) mass is 399 g/mol. The van der Waals surface area contributed by atoms with Crippen LogP contribution in [0, 0.1) is 0 Å². The number of carbonyl (C=O) groups is 1. The fourth-order valence-corrected chi connectivity index (χ4v) is 3.49. The third-order valence-corrected chi connectivity index (χ3v) is 5.18. The summed E-state index contributed by atoms with van der Waals surface area (Å²) in [6, 6.07) is 13.4. The molecule has 1 heterocycles. The van der Waals surface area contributed by atoms with Crippen molar-refractivity contribution in [2.45, 2.75) is 31.8 Å². The van der Waals surface area contributed by atoms with Crippen LogP contribution < -0.4 is 14.2 Å². The van der Waals surface area contributed by atoms with E-state index in [4.69, 9.17) is 18.9 Å². The van der Waals surface area contributed by atoms with Gasteiger partial charge in [0.2, 0.25) is 0 Å². The number of amides is 1. The van der Waals surface area contributed by atoms with Crippen LogP contribution in [0.1, 0.15) is 36.5 Å². The van der Waals surface area contributed by atoms with Gasteiger partial charge in [0, 0.05) is 31.1 Å². The minimum Gasteiger partial charge on any atom is -0.497 e. The van der Waals surface area contributed by atoms with Gasteiger partial charge in [-0.15, -0.1) is 0 Å². The van der Waals surface area contributed by atoms with Gasteiger partial charge in [0.15, 0.2) is 0 Å². The van der Waals surface area contributed by atoms with E-state index in [9.17, 15) is 4.79 Å². The minimum atomic E-state index is -0.457. The average Bonchev–Trinajstić information content (AvgIpc) is 2.79. The summed E-state index contributed by atoms with van der Waals surface area (Å²) in [6.45, 7) is 1.49. The Morgan fingerprint density at radius 3 is 2.00 bits per heavy atom. The third kappa shape index (κ3) is 5.56. The van der Waals surface area contributed by atoms with Crippen LogP contribution in [0.5, 0.6) is 17.2 Å². The Morgan fingerprint density at radius 2 is 1.45 bits per heavy atom. The van der Waals surface area contributed by atoms with Crippen LogP contribution in [0.15, 0.2) is 42.5 Å². The zero-order valence-corrected chi connectivity index (χ0v) is 17.3. The molecule has 1 amide bonds. The molecule has 3 rings (SSSR count). The predicted molar refractivity (Wildman–Crippen MR) is 111 cm³/mol. The van der Waals surface area contributed by atoms with E-state index >= 15 is 0 Å². The van der Waals surface area contributed by atoms with E-state index in [2.05, 4.69) is 0 Å². The lowest BCUT2D eigenvalue weighted by Crippen LogP contribution is -2.37. The molecular formula is C23H29NO5. The molecule has 2 aromatic carbocycles. The van der Waals surface area contributed by atoms with E-state index in [0.29, 0.717) is 17.9 Å². The van der Waals surface area contributed by atoms with Crippen LogP contribution in [0.2, 0.25) is 0 Å². The first kappa shape index (κ1) is 20.8. The van der Waals surface area contributed by atoms with E-state index in [1.165, 1.54) is 0 Å². The van der Waals surface area contributed by atoms with Crippen molar-refractivity contribution >= 4 is 6.09 Å². The van der Waals surface area contributed by atoms with Gasteiger partial charge in [-0.2, -0.15) is 0 Å². The van der Waals surface area contributed by atoms with Crippen molar-refractivity contribution in [1.82, 2.24) is 4.90 Å². The summed E-state index contributed by atoms with van der Waals surface area (Å²) in [5.41, 5.74) is 1.88. The minimum absolute atomic E-state index is 0.273. The number of hydrogen-bond acceptors (Lipinski definition) is 5. The van der Waals surface area contributed by atoms with Gasteiger partial charge in [-0.05, 0) is 49.1 Å². The van der Waals surface area contributed by atoms with Gasteiger partial charge >= 0.3 is 6.09 Å². The SMILES string of the molecule is COc1ccc(CC(OC(=O)N2CCCCC2)c2cc(OC)cc(OC)c2)cc1. The number of methoxy groups -OCH3 is 3. The molecule has 1 atom stereocenters. The van der Waals surface area contributed by atoms with Crippen LogP contribution in [-0.4, -0.2) is 45.4 Å². The number of ether oxygens (including phenoxy) is 4. The maximum absolute atomic E-state index is 12.8. The zero-order chi connectivity index (χ0) is 20.6. The summed E-state index contributed by atoms with van der Waals surface area (Å²) in [5, 5.41) is 0. The molecule has 0 aliphatic carbocycles. The second-order valence-corrected chi connectivity index (χ2v) is 7.12. The van der Waals surface area contributed by atoms with Crippen molar-refractivity contribution in [3.8, 4) is 17.2 Å². The lowest BCUT2D eigenvalue weighted by molar-refractivity contribution is 0.0569. The molecule has 0 spiro atoms. The van der Waals surface area contributed by atoms with E-state index in [1.54, 1.807) is 32.3 Å². The zero-order valence-electron chi connectivity index (χ0n) is 17.3. The van der Waals surface area contributed by atoms with Gasteiger partial charge in [0.1, 0.15) is 23.4 Å². The molecule has 1 aliphatic heterocycles. The second-order valence-electron chi connectivity index (χ2n) is 7.12. The van der Waals surface area contributed by atoms with E-state index in [1.807, 2.05) is 36.4 Å². The number of likely N-dealkylation sites (tertiary alicyclic amines) is 1. The fraction of sp³-hybridized carbons (Fsp3) is 0.435. The molecule has 156 valence electrons. The summed E-state index contributed by atoms with van der Waals surface area (Å²) in [4.78, 5) is 14.6. The molecule has 6 heteroatoms. The molecule has 1 fully saturated rings. The Kier molecular flexibility index (Phi) is 7.22. The first-order valence-corrected chi connectivity index (χ1v) is 9.94. The lowest BCUT2D eigenvalue weighted by Gasteiger charge is -2.28. The van der Waals surface area contributed by atoms with Gasteiger partial charge in [0.25, 0.3) is 0 Å². The summed E-state index contributed by atoms with van der Waals surface area (Å²) in [5.74, 6) is 2.11. The first-order chi connectivity index (χ1) is 14.1. The standard InChI is InChI=1S/C23H29NO5/c1-26-19-9-7-17(8-10-19)13-22(29-23(25)24-11-5-4-6-12-24)18-14-20(27-2)16-21(15-18)28-3/h7-10,14-16,22H,4-6,11-13H2,1-3H3. The predicted octanol–water partition coefficient (Wildman–Crippen LogP) is 4.62. The van der Waals surface area contributed by atoms with Crippen LogP contribution >= 0.6 is 0 Å². The van der Waals surface area contributed by atoms with Crippen LogP contribution in [0.25, 0.3) is 0 Å². The highest BCUT2D eigenvalue weighted by atomic mass is 16.6. The van der Waals surface area contributed by atoms with Gasteiger partial charge in [-0.1, -0.05) is 12.1 Å². The van der Waals surface area contributed by atoms with Crippen molar-refractivity contribution in [2.24, 2.45) is 0 Å². The smallest absolute Gasteiger partial charge is 0.410 e. The average molecular weight is 399 g/mol. The van der Waals surface area contributed by atoms with Crippen LogP contribution in [0.3, 0.4) is 0 Å². The summed E-state index contributed by atoms with van der Waals surface area (Å²) < 4.78 is 22.0. The Balaban J connectivity index is 1.86. The molecule has 0 radical (unpaired) electrons. The number of nitrogens with zero attached hydrogens (tertiary/aromatic N) is 1. The van der Waals surface area contributed by atoms with Crippen molar-refractivity contribution in [3.05, 3.63) is 53.6 Å². The van der Waals surface area contributed by atoms with Crippen LogP contribution in [0.4, 0.5) is 4.79 Å². The van der Waals surface area contributed by atoms with Gasteiger partial charge < -0.3 is 23.8 Å². The topological polar surface area (TPSA) is 57.2 Å². The van der Waals surface area contributed by atoms with Crippen molar-refractivity contribution in [1.29, 1.82) is 0 Å². The van der Waals surface area contributed by atoms with Crippen molar-refractivity contribution in [3.63, 3.8) is 0 Å². The lowest BCUT2D eigenvalue weighted by atomic mass is 10.0. The van der Waals surface area contributed by atoms with Crippen molar-refractivity contribution < 1.29 is 23.7 Å². The first-order valence-electron chi connectivity index (χ1n) is 9.94. The van der Waals surface area contributed by atoms with E-state index < -0.39 is 6.10 Å². The fourth-order valence-electron chi connectivity index (χ4n) is 3.49. The van der Waals surface area contributed by atoms with Gasteiger partial charge in [-0.25, -0.2) is 4.79 Å². The highest BCUT2D eigenvalue weighted by molar-refractivity contribution is 5.68. The molecule has 0 N–H and O–H groups in total. The van der Waals surface area contributed by atoms with Crippen molar-refractivity contribution in [2.75, 3.05) is 34.4 Å². The molecule has 1 saturated heterocycles. The van der Waals surface area contributed by atoms with Crippen LogP contribution in [-0.2, 0) is 11.2 Å². The molecule has 2 aromatic rings. The Bertz CT molecular complexity index is 777. The molecule has 1 unspecified atom stereocenters. The second kappa shape index (κ2) is 10.0. The number of piperidine rings is 1. The number of hydrogen-bond donors (Lipinski definition) is 0. The molecule has 6 nitrogen and oxygen atoms in total. The third-order valence-electron chi connectivity index (χ3n) is 5.18. The number of benzene rings is 2. The number of rotatable bonds is 7. The van der Waals surface area contributed by atoms with E-state index in [0.717, 1.165) is 49.2 Å². The summed E-state index contributed by atoms with van der Waals surface area (Å²) in [6.07, 6.45) is 3.01. The Labute approximate surface area is 172 Å². The highest BCUT2D eigenvalue weighted by Crippen LogP contribution is 2.31. The largest absolute Gasteiger partial charge is 0.497 e. The molecule has 0 aromatic heterocycles. The molecule has 1 aliphatic rings. The maximum atomic E-state index is 12.8. The normalized spacial score (nSPS) is 14.8. The number of carbonyl (C=O) groups excluding carboxylic acids is 1. The molecule has 0 saturated carbocycles. The maximum Gasteiger partial charge on any atom is 0.410 e. The van der Waals surface area contributed by atoms with Gasteiger partial charge in [0.05, 0.1) is 21.3 Å². The Hall–Kier alpha value is -2.89. The molecule has 29 heavy (non-hydrogen) atoms.